The lowest BCUT2D eigenvalue weighted by atomic mass is 10.1. The molecule has 21 heavy (non-hydrogen) atoms. The van der Waals surface area contributed by atoms with Gasteiger partial charge < -0.3 is 10.2 Å². The highest BCUT2D eigenvalue weighted by Gasteiger charge is 2.31. The van der Waals surface area contributed by atoms with E-state index >= 15 is 0 Å². The lowest BCUT2D eigenvalue weighted by Crippen LogP contribution is -2.38. The number of aliphatic hydroxyl groups is 1. The fourth-order valence-corrected chi connectivity index (χ4v) is 3.88. The predicted octanol–water partition coefficient (Wildman–Crippen LogP) is 0.963. The van der Waals surface area contributed by atoms with E-state index < -0.39 is 33.4 Å². The van der Waals surface area contributed by atoms with Gasteiger partial charge in [-0.25, -0.2) is 22.3 Å². The number of nitrogens with one attached hydrogen (secondary N) is 1. The molecular formula is C13H16FNO5S. The first kappa shape index (κ1) is 15.9. The molecule has 1 saturated carbocycles. The molecule has 1 aliphatic rings. The van der Waals surface area contributed by atoms with Crippen molar-refractivity contribution in [3.63, 3.8) is 0 Å². The summed E-state index contributed by atoms with van der Waals surface area (Å²) in [7, 11) is -3.95. The number of hydrogen-bond donors (Lipinski definition) is 3. The van der Waals surface area contributed by atoms with Gasteiger partial charge in [0.1, 0.15) is 5.82 Å². The van der Waals surface area contributed by atoms with Crippen molar-refractivity contribution in [2.24, 2.45) is 5.92 Å². The summed E-state index contributed by atoms with van der Waals surface area (Å²) in [6.07, 6.45) is 2.15. The molecule has 2 atom stereocenters. The molecule has 0 radical (unpaired) electrons. The third-order valence-electron chi connectivity index (χ3n) is 3.68. The van der Waals surface area contributed by atoms with E-state index in [1.54, 1.807) is 0 Å². The zero-order valence-electron chi connectivity index (χ0n) is 11.1. The number of carboxylic acids is 1. The number of halogens is 1. The number of benzene rings is 1. The van der Waals surface area contributed by atoms with E-state index in [2.05, 4.69) is 4.72 Å². The van der Waals surface area contributed by atoms with Gasteiger partial charge in [-0.05, 0) is 37.0 Å². The Kier molecular flexibility index (Phi) is 4.60. The highest BCUT2D eigenvalue weighted by atomic mass is 32.2. The molecule has 8 heteroatoms. The summed E-state index contributed by atoms with van der Waals surface area (Å²) in [4.78, 5) is 10.6. The average molecular weight is 317 g/mol. The van der Waals surface area contributed by atoms with Crippen LogP contribution in [0.5, 0.6) is 0 Å². The van der Waals surface area contributed by atoms with Crippen molar-refractivity contribution in [3.8, 4) is 0 Å². The minimum Gasteiger partial charge on any atom is -0.478 e. The first-order valence-electron chi connectivity index (χ1n) is 6.51. The smallest absolute Gasteiger partial charge is 0.338 e. The first-order chi connectivity index (χ1) is 9.85. The number of rotatable bonds is 5. The van der Waals surface area contributed by atoms with Gasteiger partial charge in [-0.2, -0.15) is 0 Å². The molecule has 0 aromatic heterocycles. The van der Waals surface area contributed by atoms with E-state index in [-0.39, 0.29) is 17.4 Å². The van der Waals surface area contributed by atoms with Gasteiger partial charge >= 0.3 is 5.97 Å². The quantitative estimate of drug-likeness (QED) is 0.750. The first-order valence-corrected chi connectivity index (χ1v) is 7.99. The van der Waals surface area contributed by atoms with Crippen molar-refractivity contribution in [2.45, 2.75) is 30.2 Å². The SMILES string of the molecule is O=C(O)c1cc(S(=O)(=O)NC2CCCC2CO)ccc1F. The number of carbonyl (C=O) groups is 1. The Morgan fingerprint density at radius 1 is 1.38 bits per heavy atom. The molecule has 1 aromatic rings. The van der Waals surface area contributed by atoms with E-state index in [1.165, 1.54) is 0 Å². The topological polar surface area (TPSA) is 104 Å². The van der Waals surface area contributed by atoms with Gasteiger partial charge in [-0.1, -0.05) is 6.42 Å². The van der Waals surface area contributed by atoms with E-state index in [1.807, 2.05) is 0 Å². The summed E-state index contributed by atoms with van der Waals surface area (Å²) < 4.78 is 40.2. The summed E-state index contributed by atoms with van der Waals surface area (Å²) in [5.41, 5.74) is -0.692. The maximum Gasteiger partial charge on any atom is 0.338 e. The van der Waals surface area contributed by atoms with Crippen LogP contribution in [0.2, 0.25) is 0 Å². The molecule has 2 unspecified atom stereocenters. The van der Waals surface area contributed by atoms with Crippen LogP contribution < -0.4 is 4.72 Å². The van der Waals surface area contributed by atoms with Gasteiger partial charge in [0, 0.05) is 12.6 Å². The molecule has 0 saturated heterocycles. The average Bonchev–Trinajstić information content (AvgIpc) is 2.85. The Labute approximate surface area is 121 Å². The molecular weight excluding hydrogens is 301 g/mol. The van der Waals surface area contributed by atoms with Crippen LogP contribution in [-0.2, 0) is 10.0 Å². The van der Waals surface area contributed by atoms with Gasteiger partial charge in [-0.15, -0.1) is 0 Å². The maximum atomic E-state index is 13.3. The second kappa shape index (κ2) is 6.08. The highest BCUT2D eigenvalue weighted by molar-refractivity contribution is 7.89. The molecule has 2 rings (SSSR count). The van der Waals surface area contributed by atoms with Crippen LogP contribution in [0.15, 0.2) is 23.1 Å². The lowest BCUT2D eigenvalue weighted by molar-refractivity contribution is 0.0691. The van der Waals surface area contributed by atoms with Gasteiger partial charge in [0.15, 0.2) is 0 Å². The van der Waals surface area contributed by atoms with Crippen LogP contribution in [0.25, 0.3) is 0 Å². The van der Waals surface area contributed by atoms with Gasteiger partial charge in [0.2, 0.25) is 10.0 Å². The zero-order valence-corrected chi connectivity index (χ0v) is 11.9. The summed E-state index contributed by atoms with van der Waals surface area (Å²) >= 11 is 0. The lowest BCUT2D eigenvalue weighted by Gasteiger charge is -2.19. The number of aliphatic hydroxyl groups excluding tert-OH is 1. The van der Waals surface area contributed by atoms with Crippen molar-refractivity contribution < 1.29 is 27.8 Å². The zero-order chi connectivity index (χ0) is 15.6. The van der Waals surface area contributed by atoms with Crippen molar-refractivity contribution in [1.82, 2.24) is 4.72 Å². The largest absolute Gasteiger partial charge is 0.478 e. The Morgan fingerprint density at radius 2 is 2.10 bits per heavy atom. The third-order valence-corrected chi connectivity index (χ3v) is 5.17. The summed E-state index contributed by atoms with van der Waals surface area (Å²) in [5, 5.41) is 18.0. The summed E-state index contributed by atoms with van der Waals surface area (Å²) in [5.74, 6) is -2.67. The number of carboxylic acid groups (broad SMARTS) is 1. The summed E-state index contributed by atoms with van der Waals surface area (Å²) in [6.45, 7) is -0.114. The molecule has 1 aliphatic carbocycles. The Balaban J connectivity index is 2.27. The molecule has 0 bridgehead atoms. The fourth-order valence-electron chi connectivity index (χ4n) is 2.51. The minimum absolute atomic E-state index is 0.114. The molecule has 3 N–H and O–H groups in total. The molecule has 1 aromatic carbocycles. The van der Waals surface area contributed by atoms with Crippen LogP contribution in [0, 0.1) is 11.7 Å². The van der Waals surface area contributed by atoms with Crippen LogP contribution in [0.1, 0.15) is 29.6 Å². The second-order valence-corrected chi connectivity index (χ2v) is 6.76. The molecule has 0 aliphatic heterocycles. The molecule has 0 heterocycles. The molecule has 1 fully saturated rings. The number of hydrogen-bond acceptors (Lipinski definition) is 4. The normalized spacial score (nSPS) is 22.4. The maximum absolute atomic E-state index is 13.3. The van der Waals surface area contributed by atoms with E-state index in [0.717, 1.165) is 31.0 Å². The van der Waals surface area contributed by atoms with Crippen molar-refractivity contribution in [2.75, 3.05) is 6.61 Å². The monoisotopic (exact) mass is 317 g/mol. The standard InChI is InChI=1S/C13H16FNO5S/c14-11-5-4-9(6-10(11)13(17)18)21(19,20)15-12-3-1-2-8(12)7-16/h4-6,8,12,15-16H,1-3,7H2,(H,17,18). The van der Waals surface area contributed by atoms with E-state index in [0.29, 0.717) is 6.42 Å². The van der Waals surface area contributed by atoms with Gasteiger partial charge in [0.25, 0.3) is 0 Å². The van der Waals surface area contributed by atoms with Crippen LogP contribution in [0.3, 0.4) is 0 Å². The highest BCUT2D eigenvalue weighted by Crippen LogP contribution is 2.27. The summed E-state index contributed by atoms with van der Waals surface area (Å²) in [6, 6.07) is 2.24. The Bertz CT molecular complexity index is 646. The van der Waals surface area contributed by atoms with Gasteiger partial charge in [0.05, 0.1) is 10.5 Å². The fraction of sp³-hybridized carbons (Fsp3) is 0.462. The predicted molar refractivity (Wildman–Crippen MR) is 71.9 cm³/mol. The number of sulfonamides is 1. The van der Waals surface area contributed by atoms with Crippen molar-refractivity contribution in [3.05, 3.63) is 29.6 Å². The number of aromatic carboxylic acids is 1. The van der Waals surface area contributed by atoms with E-state index in [9.17, 15) is 22.7 Å². The van der Waals surface area contributed by atoms with Crippen LogP contribution in [-0.4, -0.2) is 37.2 Å². The van der Waals surface area contributed by atoms with Crippen LogP contribution in [0.4, 0.5) is 4.39 Å². The van der Waals surface area contributed by atoms with Crippen LogP contribution >= 0.6 is 0 Å². The molecule has 0 amide bonds. The Morgan fingerprint density at radius 3 is 2.71 bits per heavy atom. The molecule has 116 valence electrons. The van der Waals surface area contributed by atoms with Crippen molar-refractivity contribution >= 4 is 16.0 Å². The second-order valence-electron chi connectivity index (χ2n) is 5.05. The molecule has 0 spiro atoms. The molecule has 6 nitrogen and oxygen atoms in total. The minimum atomic E-state index is -3.95. The Hall–Kier alpha value is -1.51. The van der Waals surface area contributed by atoms with Crippen molar-refractivity contribution in [1.29, 1.82) is 0 Å². The third kappa shape index (κ3) is 3.39. The van der Waals surface area contributed by atoms with E-state index in [4.69, 9.17) is 5.11 Å². The van der Waals surface area contributed by atoms with Gasteiger partial charge in [-0.3, -0.25) is 0 Å².